The summed E-state index contributed by atoms with van der Waals surface area (Å²) in [7, 11) is 0. The summed E-state index contributed by atoms with van der Waals surface area (Å²) in [5, 5.41) is 0. The summed E-state index contributed by atoms with van der Waals surface area (Å²) in [6.07, 6.45) is 6.21. The average molecular weight is 220 g/mol. The Morgan fingerprint density at radius 2 is 1.81 bits per heavy atom. The highest BCUT2D eigenvalue weighted by atomic mass is 15.3. The fourth-order valence-electron chi connectivity index (χ4n) is 2.01. The van der Waals surface area contributed by atoms with Crippen LogP contribution in [0, 0.1) is 0 Å². The fraction of sp³-hybridized carbons (Fsp3) is 0.667. The maximum atomic E-state index is 4.29. The Labute approximate surface area is 97.3 Å². The van der Waals surface area contributed by atoms with Crippen LogP contribution in [0.5, 0.6) is 0 Å². The van der Waals surface area contributed by atoms with E-state index in [2.05, 4.69) is 26.7 Å². The van der Waals surface area contributed by atoms with E-state index in [1.54, 1.807) is 0 Å². The van der Waals surface area contributed by atoms with Crippen LogP contribution in [0.3, 0.4) is 0 Å². The molecular weight excluding hydrogens is 200 g/mol. The van der Waals surface area contributed by atoms with Crippen LogP contribution in [-0.4, -0.2) is 47.6 Å². The Morgan fingerprint density at radius 1 is 1.12 bits per heavy atom. The molecule has 2 rings (SSSR count). The van der Waals surface area contributed by atoms with Crippen molar-refractivity contribution in [1.29, 1.82) is 0 Å². The molecule has 0 saturated carbocycles. The van der Waals surface area contributed by atoms with Crippen molar-refractivity contribution in [3.05, 3.63) is 18.5 Å². The summed E-state index contributed by atoms with van der Waals surface area (Å²) in [5.41, 5.74) is 0. The number of anilines is 1. The minimum absolute atomic E-state index is 0.873. The lowest BCUT2D eigenvalue weighted by Crippen LogP contribution is -2.47. The van der Waals surface area contributed by atoms with Crippen LogP contribution in [0.15, 0.2) is 18.5 Å². The van der Waals surface area contributed by atoms with Crippen molar-refractivity contribution in [2.45, 2.75) is 19.8 Å². The number of rotatable bonds is 4. The number of nitrogens with zero attached hydrogens (tertiary/aromatic N) is 4. The lowest BCUT2D eigenvalue weighted by molar-refractivity contribution is 0.253. The highest BCUT2D eigenvalue weighted by Crippen LogP contribution is 2.09. The van der Waals surface area contributed by atoms with Gasteiger partial charge in [-0.05, 0) is 19.0 Å². The summed E-state index contributed by atoms with van der Waals surface area (Å²) >= 11 is 0. The summed E-state index contributed by atoms with van der Waals surface area (Å²) < 4.78 is 0. The molecule has 0 aliphatic carbocycles. The summed E-state index contributed by atoms with van der Waals surface area (Å²) in [6.45, 7) is 7.85. The largest absolute Gasteiger partial charge is 0.338 e. The Bertz CT molecular complexity index is 293. The zero-order valence-corrected chi connectivity index (χ0v) is 9.97. The maximum absolute atomic E-state index is 4.29. The molecule has 1 aromatic rings. The lowest BCUT2D eigenvalue weighted by atomic mass is 10.2. The van der Waals surface area contributed by atoms with E-state index < -0.39 is 0 Å². The van der Waals surface area contributed by atoms with Crippen LogP contribution < -0.4 is 4.90 Å². The van der Waals surface area contributed by atoms with Crippen LogP contribution in [0.1, 0.15) is 19.8 Å². The second-order valence-corrected chi connectivity index (χ2v) is 4.23. The van der Waals surface area contributed by atoms with E-state index in [1.807, 2.05) is 18.5 Å². The Balaban J connectivity index is 1.81. The smallest absolute Gasteiger partial charge is 0.225 e. The monoisotopic (exact) mass is 220 g/mol. The van der Waals surface area contributed by atoms with Gasteiger partial charge < -0.3 is 4.90 Å². The van der Waals surface area contributed by atoms with Gasteiger partial charge >= 0.3 is 0 Å². The Morgan fingerprint density at radius 3 is 2.44 bits per heavy atom. The van der Waals surface area contributed by atoms with Crippen LogP contribution >= 0.6 is 0 Å². The van der Waals surface area contributed by atoms with Crippen molar-refractivity contribution in [1.82, 2.24) is 14.9 Å². The quantitative estimate of drug-likeness (QED) is 0.767. The molecule has 1 fully saturated rings. The van der Waals surface area contributed by atoms with E-state index in [9.17, 15) is 0 Å². The van der Waals surface area contributed by atoms with Crippen LogP contribution in [0.4, 0.5) is 5.95 Å². The average Bonchev–Trinajstić information content (AvgIpc) is 2.38. The molecule has 0 bridgehead atoms. The van der Waals surface area contributed by atoms with Gasteiger partial charge in [0.2, 0.25) is 5.95 Å². The number of hydrogen-bond donors (Lipinski definition) is 0. The zero-order chi connectivity index (χ0) is 11.2. The third-order valence-corrected chi connectivity index (χ3v) is 3.04. The first kappa shape index (κ1) is 11.3. The van der Waals surface area contributed by atoms with Gasteiger partial charge in [-0.1, -0.05) is 13.3 Å². The molecule has 0 aromatic carbocycles. The normalized spacial score (nSPS) is 17.7. The predicted molar refractivity (Wildman–Crippen MR) is 65.6 cm³/mol. The zero-order valence-electron chi connectivity index (χ0n) is 9.97. The van der Waals surface area contributed by atoms with Gasteiger partial charge in [0.05, 0.1) is 0 Å². The van der Waals surface area contributed by atoms with Gasteiger partial charge in [0.15, 0.2) is 0 Å². The topological polar surface area (TPSA) is 32.3 Å². The number of aromatic nitrogens is 2. The highest BCUT2D eigenvalue weighted by Gasteiger charge is 2.17. The maximum Gasteiger partial charge on any atom is 0.225 e. The number of hydrogen-bond acceptors (Lipinski definition) is 4. The van der Waals surface area contributed by atoms with E-state index in [0.717, 1.165) is 32.1 Å². The van der Waals surface area contributed by atoms with Gasteiger partial charge in [-0.3, -0.25) is 4.90 Å². The molecule has 16 heavy (non-hydrogen) atoms. The molecular formula is C12H20N4. The van der Waals surface area contributed by atoms with Crippen molar-refractivity contribution in [3.8, 4) is 0 Å². The third-order valence-electron chi connectivity index (χ3n) is 3.04. The minimum Gasteiger partial charge on any atom is -0.338 e. The van der Waals surface area contributed by atoms with Crippen molar-refractivity contribution in [2.24, 2.45) is 0 Å². The molecule has 0 radical (unpaired) electrons. The van der Waals surface area contributed by atoms with Crippen molar-refractivity contribution in [2.75, 3.05) is 37.6 Å². The van der Waals surface area contributed by atoms with Gasteiger partial charge in [0.1, 0.15) is 0 Å². The van der Waals surface area contributed by atoms with Crippen LogP contribution in [-0.2, 0) is 0 Å². The molecule has 1 saturated heterocycles. The molecule has 1 aliphatic heterocycles. The van der Waals surface area contributed by atoms with Gasteiger partial charge in [0.25, 0.3) is 0 Å². The van der Waals surface area contributed by atoms with Gasteiger partial charge in [0, 0.05) is 38.6 Å². The second-order valence-electron chi connectivity index (χ2n) is 4.23. The summed E-state index contributed by atoms with van der Waals surface area (Å²) in [4.78, 5) is 13.4. The van der Waals surface area contributed by atoms with Gasteiger partial charge in [-0.2, -0.15) is 0 Å². The molecule has 1 aromatic heterocycles. The molecule has 0 N–H and O–H groups in total. The fourth-order valence-corrected chi connectivity index (χ4v) is 2.01. The van der Waals surface area contributed by atoms with E-state index in [4.69, 9.17) is 0 Å². The predicted octanol–water partition coefficient (Wildman–Crippen LogP) is 1.40. The summed E-state index contributed by atoms with van der Waals surface area (Å²) in [6, 6.07) is 1.86. The first-order valence-corrected chi connectivity index (χ1v) is 6.14. The minimum atomic E-state index is 0.873. The van der Waals surface area contributed by atoms with Crippen molar-refractivity contribution >= 4 is 5.95 Å². The van der Waals surface area contributed by atoms with E-state index >= 15 is 0 Å². The molecule has 0 atom stereocenters. The van der Waals surface area contributed by atoms with Gasteiger partial charge in [-0.25, -0.2) is 9.97 Å². The van der Waals surface area contributed by atoms with Crippen molar-refractivity contribution < 1.29 is 0 Å². The molecule has 1 aliphatic rings. The SMILES string of the molecule is CCCCN1CCN(c2ncccn2)CC1. The van der Waals surface area contributed by atoms with Crippen LogP contribution in [0.25, 0.3) is 0 Å². The van der Waals surface area contributed by atoms with Crippen molar-refractivity contribution in [3.63, 3.8) is 0 Å². The molecule has 4 nitrogen and oxygen atoms in total. The lowest BCUT2D eigenvalue weighted by Gasteiger charge is -2.34. The van der Waals surface area contributed by atoms with E-state index in [-0.39, 0.29) is 0 Å². The van der Waals surface area contributed by atoms with E-state index in [0.29, 0.717) is 0 Å². The second kappa shape index (κ2) is 5.80. The molecule has 0 unspecified atom stereocenters. The molecule has 0 spiro atoms. The molecule has 4 heteroatoms. The Hall–Kier alpha value is -1.16. The van der Waals surface area contributed by atoms with E-state index in [1.165, 1.54) is 19.4 Å². The molecule has 2 heterocycles. The van der Waals surface area contributed by atoms with Gasteiger partial charge in [-0.15, -0.1) is 0 Å². The first-order valence-electron chi connectivity index (χ1n) is 6.14. The highest BCUT2D eigenvalue weighted by molar-refractivity contribution is 5.29. The standard InChI is InChI=1S/C12H20N4/c1-2-3-7-15-8-10-16(11-9-15)12-13-5-4-6-14-12/h4-6H,2-3,7-11H2,1H3. The first-order chi connectivity index (χ1) is 7.90. The number of piperazine rings is 1. The molecule has 0 amide bonds. The number of unbranched alkanes of at least 4 members (excludes halogenated alkanes) is 1. The summed E-state index contributed by atoms with van der Waals surface area (Å²) in [5.74, 6) is 0.873. The Kier molecular flexibility index (Phi) is 4.10. The molecule has 88 valence electrons. The third kappa shape index (κ3) is 2.92. The van der Waals surface area contributed by atoms with Crippen LogP contribution in [0.2, 0.25) is 0 Å².